The molecule has 188 valence electrons. The maximum atomic E-state index is 13.0. The number of fused-ring (bicyclic) bond motifs is 5. The van der Waals surface area contributed by atoms with Gasteiger partial charge in [-0.15, -0.1) is 0 Å². The number of aliphatic hydroxyl groups excluding tert-OH is 1. The number of esters is 2. The monoisotopic (exact) mass is 472 g/mol. The topological polar surface area (TPSA) is 89.9 Å². The van der Waals surface area contributed by atoms with Crippen molar-refractivity contribution in [3.05, 3.63) is 11.6 Å². The zero-order valence-electron chi connectivity index (χ0n) is 21.5. The first kappa shape index (κ1) is 24.0. The molecule has 0 bridgehead atoms. The zero-order valence-corrected chi connectivity index (χ0v) is 21.5. The molecule has 6 heteroatoms. The summed E-state index contributed by atoms with van der Waals surface area (Å²) in [5.74, 6) is 0.0859. The van der Waals surface area contributed by atoms with Crippen LogP contribution in [0.4, 0.5) is 0 Å². The summed E-state index contributed by atoms with van der Waals surface area (Å²) in [5.41, 5.74) is -0.306. The van der Waals surface area contributed by atoms with Crippen molar-refractivity contribution >= 4 is 17.7 Å². The second-order valence-electron chi connectivity index (χ2n) is 13.0. The van der Waals surface area contributed by atoms with Gasteiger partial charge in [0.05, 0.1) is 19.1 Å². The molecule has 0 spiro atoms. The van der Waals surface area contributed by atoms with Gasteiger partial charge in [0.2, 0.25) is 0 Å². The zero-order chi connectivity index (χ0) is 24.8. The van der Waals surface area contributed by atoms with Crippen molar-refractivity contribution in [2.45, 2.75) is 92.3 Å². The minimum absolute atomic E-state index is 0.114. The molecular weight excluding hydrogens is 432 g/mol. The molecule has 0 aromatic rings. The van der Waals surface area contributed by atoms with Crippen LogP contribution in [0.3, 0.4) is 0 Å². The van der Waals surface area contributed by atoms with E-state index >= 15 is 0 Å². The fraction of sp³-hybridized carbons (Fsp3) is 0.821. The van der Waals surface area contributed by atoms with E-state index in [1.165, 1.54) is 12.5 Å². The van der Waals surface area contributed by atoms with Gasteiger partial charge in [-0.1, -0.05) is 46.3 Å². The van der Waals surface area contributed by atoms with Crippen molar-refractivity contribution < 1.29 is 29.0 Å². The highest BCUT2D eigenvalue weighted by atomic mass is 16.6. The smallest absolute Gasteiger partial charge is 0.306 e. The van der Waals surface area contributed by atoms with E-state index in [4.69, 9.17) is 9.47 Å². The normalized spacial score (nSPS) is 49.4. The molecule has 0 aromatic heterocycles. The van der Waals surface area contributed by atoms with Gasteiger partial charge in [0, 0.05) is 36.0 Å². The van der Waals surface area contributed by atoms with Crippen LogP contribution >= 0.6 is 0 Å². The van der Waals surface area contributed by atoms with Gasteiger partial charge in [-0.25, -0.2) is 0 Å². The molecule has 9 atom stereocenters. The van der Waals surface area contributed by atoms with Crippen molar-refractivity contribution in [2.75, 3.05) is 6.61 Å². The molecule has 5 rings (SSSR count). The third-order valence-corrected chi connectivity index (χ3v) is 11.2. The molecule has 1 saturated heterocycles. The van der Waals surface area contributed by atoms with Gasteiger partial charge in [-0.3, -0.25) is 14.4 Å². The number of ether oxygens (including phenoxy) is 2. The van der Waals surface area contributed by atoms with E-state index in [1.807, 2.05) is 13.8 Å². The van der Waals surface area contributed by atoms with Crippen molar-refractivity contribution in [3.63, 3.8) is 0 Å². The van der Waals surface area contributed by atoms with Gasteiger partial charge in [0.25, 0.3) is 0 Å². The number of allylic oxidation sites excluding steroid dienone is 1. The third kappa shape index (κ3) is 2.93. The third-order valence-electron chi connectivity index (χ3n) is 11.2. The molecule has 34 heavy (non-hydrogen) atoms. The summed E-state index contributed by atoms with van der Waals surface area (Å²) in [6, 6.07) is 0. The van der Waals surface area contributed by atoms with Crippen LogP contribution in [0.25, 0.3) is 0 Å². The summed E-state index contributed by atoms with van der Waals surface area (Å²) in [7, 11) is 0. The SMILES string of the molecule is CC(=O)O[C@@H]1[C@H](O)[C@H]2C(C)(C)C(=O)CC[C@]2(C)[C@H]2CC[C@]3(C)C(=CC[C@H]3[C@H]3COC(=O)C3)[C@]12C. The van der Waals surface area contributed by atoms with Crippen LogP contribution in [-0.2, 0) is 23.9 Å². The molecular formula is C28H40O6. The average molecular weight is 473 g/mol. The van der Waals surface area contributed by atoms with E-state index in [0.29, 0.717) is 25.4 Å². The Morgan fingerprint density at radius 3 is 2.47 bits per heavy atom. The number of cyclic esters (lactones) is 1. The Morgan fingerprint density at radius 1 is 1.15 bits per heavy atom. The van der Waals surface area contributed by atoms with Crippen LogP contribution in [0.1, 0.15) is 80.1 Å². The molecule has 4 fully saturated rings. The Hall–Kier alpha value is -1.69. The molecule has 0 aromatic carbocycles. The fourth-order valence-corrected chi connectivity index (χ4v) is 9.86. The molecule has 6 nitrogen and oxygen atoms in total. The van der Waals surface area contributed by atoms with Crippen LogP contribution in [0.15, 0.2) is 11.6 Å². The maximum Gasteiger partial charge on any atom is 0.306 e. The molecule has 0 amide bonds. The van der Waals surface area contributed by atoms with Crippen LogP contribution in [-0.4, -0.2) is 41.6 Å². The predicted octanol–water partition coefficient (Wildman–Crippen LogP) is 4.24. The highest BCUT2D eigenvalue weighted by Crippen LogP contribution is 2.73. The number of carbonyl (C=O) groups is 3. The van der Waals surface area contributed by atoms with Crippen LogP contribution in [0.5, 0.6) is 0 Å². The minimum Gasteiger partial charge on any atom is -0.465 e. The number of aliphatic hydroxyl groups is 1. The summed E-state index contributed by atoms with van der Waals surface area (Å²) < 4.78 is 11.4. The van der Waals surface area contributed by atoms with Gasteiger partial charge in [0.15, 0.2) is 0 Å². The van der Waals surface area contributed by atoms with Gasteiger partial charge < -0.3 is 14.6 Å². The lowest BCUT2D eigenvalue weighted by molar-refractivity contribution is -0.246. The molecule has 3 saturated carbocycles. The molecule has 0 radical (unpaired) electrons. The molecule has 4 aliphatic carbocycles. The summed E-state index contributed by atoms with van der Waals surface area (Å²) >= 11 is 0. The minimum atomic E-state index is -0.923. The summed E-state index contributed by atoms with van der Waals surface area (Å²) in [4.78, 5) is 37.3. The van der Waals surface area contributed by atoms with Crippen molar-refractivity contribution in [1.29, 1.82) is 0 Å². The van der Waals surface area contributed by atoms with E-state index in [9.17, 15) is 19.5 Å². The number of hydrogen-bond acceptors (Lipinski definition) is 6. The standard InChI is InChI=1S/C28H40O6/c1-15(29)34-24-22(32)23-25(2,3)20(30)10-12-27(23,5)19-9-11-26(4)17(16-13-21(31)33-14-16)7-8-18(26)28(19,24)6/h8,16-17,19,22-24,32H,7,9-14H2,1-6H3/t16-,17+,19-,22-,23+,24-,26+,27-,28+/m1/s1. The van der Waals surface area contributed by atoms with Crippen LogP contribution in [0.2, 0.25) is 0 Å². The van der Waals surface area contributed by atoms with E-state index in [0.717, 1.165) is 25.7 Å². The van der Waals surface area contributed by atoms with Crippen LogP contribution in [0, 0.1) is 45.3 Å². The van der Waals surface area contributed by atoms with E-state index in [2.05, 4.69) is 26.8 Å². The Balaban J connectivity index is 1.62. The lowest BCUT2D eigenvalue weighted by atomic mass is 9.36. The summed E-state index contributed by atoms with van der Waals surface area (Å²) in [6.07, 6.45) is 5.26. The van der Waals surface area contributed by atoms with E-state index in [1.54, 1.807) is 0 Å². The molecule has 1 heterocycles. The maximum absolute atomic E-state index is 13.0. The van der Waals surface area contributed by atoms with Gasteiger partial charge in [-0.2, -0.15) is 0 Å². The van der Waals surface area contributed by atoms with Crippen LogP contribution < -0.4 is 0 Å². The Kier molecular flexibility index (Phi) is 5.23. The summed E-state index contributed by atoms with van der Waals surface area (Å²) in [5, 5.41) is 11.9. The highest BCUT2D eigenvalue weighted by molar-refractivity contribution is 5.85. The average Bonchev–Trinajstić information content (AvgIpc) is 3.31. The Morgan fingerprint density at radius 2 is 1.85 bits per heavy atom. The second-order valence-corrected chi connectivity index (χ2v) is 13.0. The first-order valence-electron chi connectivity index (χ1n) is 13.0. The molecule has 5 aliphatic rings. The molecule has 0 unspecified atom stereocenters. The Labute approximate surface area is 202 Å². The lowest BCUT2D eigenvalue weighted by Gasteiger charge is -2.69. The predicted molar refractivity (Wildman–Crippen MR) is 125 cm³/mol. The van der Waals surface area contributed by atoms with Gasteiger partial charge in [-0.05, 0) is 48.3 Å². The first-order chi connectivity index (χ1) is 15.8. The molecule has 1 aliphatic heterocycles. The van der Waals surface area contributed by atoms with Gasteiger partial charge >= 0.3 is 11.9 Å². The van der Waals surface area contributed by atoms with E-state index < -0.39 is 29.0 Å². The Bertz CT molecular complexity index is 966. The number of ketones is 1. The van der Waals surface area contributed by atoms with Crippen molar-refractivity contribution in [2.24, 2.45) is 45.3 Å². The first-order valence-corrected chi connectivity index (χ1v) is 13.0. The number of hydrogen-bond donors (Lipinski definition) is 1. The largest absolute Gasteiger partial charge is 0.465 e. The summed E-state index contributed by atoms with van der Waals surface area (Å²) in [6.45, 7) is 12.6. The fourth-order valence-electron chi connectivity index (χ4n) is 9.86. The van der Waals surface area contributed by atoms with Crippen molar-refractivity contribution in [3.8, 4) is 0 Å². The van der Waals surface area contributed by atoms with E-state index in [-0.39, 0.29) is 40.3 Å². The lowest BCUT2D eigenvalue weighted by Crippen LogP contribution is -2.71. The number of rotatable bonds is 2. The highest BCUT2D eigenvalue weighted by Gasteiger charge is 2.72. The quantitative estimate of drug-likeness (QED) is 0.478. The van der Waals surface area contributed by atoms with Gasteiger partial charge in [0.1, 0.15) is 11.9 Å². The second kappa shape index (κ2) is 7.41. The van der Waals surface area contributed by atoms with Crippen molar-refractivity contribution in [1.82, 2.24) is 0 Å². The molecule has 1 N–H and O–H groups in total. The number of carbonyl (C=O) groups excluding carboxylic acids is 3. The number of Topliss-reactive ketones (excluding diaryl/α,β-unsaturated/α-hetero) is 1.